The Bertz CT molecular complexity index is 1120. The lowest BCUT2D eigenvalue weighted by atomic mass is 10.2. The average Bonchev–Trinajstić information content (AvgIpc) is 2.79. The van der Waals surface area contributed by atoms with Gasteiger partial charge in [-0.2, -0.15) is 0 Å². The quantitative estimate of drug-likeness (QED) is 0.581. The molecule has 1 aliphatic rings. The molecule has 0 radical (unpaired) electrons. The van der Waals surface area contributed by atoms with E-state index >= 15 is 0 Å². The van der Waals surface area contributed by atoms with Gasteiger partial charge in [-0.15, -0.1) is 0 Å². The number of piperazine rings is 1. The Hall–Kier alpha value is -2.82. The van der Waals surface area contributed by atoms with E-state index < -0.39 is 10.0 Å². The summed E-state index contributed by atoms with van der Waals surface area (Å²) >= 11 is 6.18. The summed E-state index contributed by atoms with van der Waals surface area (Å²) in [5.41, 5.74) is 0.480. The number of nitrogens with zero attached hydrogens (tertiary/aromatic N) is 2. The number of halogens is 1. The second-order valence-corrected chi connectivity index (χ2v) is 9.53. The van der Waals surface area contributed by atoms with E-state index in [4.69, 9.17) is 16.3 Å². The van der Waals surface area contributed by atoms with Crippen molar-refractivity contribution in [2.24, 2.45) is 0 Å². The van der Waals surface area contributed by atoms with E-state index in [-0.39, 0.29) is 39.5 Å². The van der Waals surface area contributed by atoms with Gasteiger partial charge in [-0.3, -0.25) is 19.2 Å². The Labute approximate surface area is 198 Å². The molecule has 1 saturated heterocycles. The molecule has 0 unspecified atom stereocenters. The minimum atomic E-state index is -4.08. The number of amides is 2. The number of benzene rings is 2. The van der Waals surface area contributed by atoms with E-state index in [9.17, 15) is 18.0 Å². The highest BCUT2D eigenvalue weighted by Gasteiger charge is 2.26. The first-order valence-electron chi connectivity index (χ1n) is 10.5. The molecule has 11 heteroatoms. The van der Waals surface area contributed by atoms with E-state index in [1.807, 2.05) is 11.8 Å². The Morgan fingerprint density at radius 2 is 1.79 bits per heavy atom. The highest BCUT2D eigenvalue weighted by atomic mass is 35.5. The molecular formula is C22H27ClN4O5S. The lowest BCUT2D eigenvalue weighted by molar-refractivity contribution is -0.122. The Morgan fingerprint density at radius 3 is 2.45 bits per heavy atom. The highest BCUT2D eigenvalue weighted by molar-refractivity contribution is 7.92. The van der Waals surface area contributed by atoms with Crippen LogP contribution in [-0.2, 0) is 14.8 Å². The van der Waals surface area contributed by atoms with E-state index in [1.165, 1.54) is 25.3 Å². The molecule has 2 amide bonds. The lowest BCUT2D eigenvalue weighted by Gasteiger charge is -2.34. The third-order valence-electron chi connectivity index (χ3n) is 5.22. The van der Waals surface area contributed by atoms with Gasteiger partial charge in [0.2, 0.25) is 5.91 Å². The van der Waals surface area contributed by atoms with Crippen LogP contribution in [0.5, 0.6) is 5.75 Å². The van der Waals surface area contributed by atoms with Crippen molar-refractivity contribution < 1.29 is 22.7 Å². The zero-order chi connectivity index (χ0) is 24.0. The fraction of sp³-hybridized carbons (Fsp3) is 0.364. The molecule has 1 heterocycles. The van der Waals surface area contributed by atoms with Crippen LogP contribution < -0.4 is 14.8 Å². The molecule has 0 atom stereocenters. The van der Waals surface area contributed by atoms with E-state index in [1.54, 1.807) is 29.2 Å². The topological polar surface area (TPSA) is 108 Å². The first-order chi connectivity index (χ1) is 15.7. The monoisotopic (exact) mass is 494 g/mol. The maximum atomic E-state index is 13.0. The fourth-order valence-electron chi connectivity index (χ4n) is 3.52. The van der Waals surface area contributed by atoms with Crippen LogP contribution in [0.3, 0.4) is 0 Å². The van der Waals surface area contributed by atoms with Crippen molar-refractivity contribution in [3.8, 4) is 5.75 Å². The number of rotatable bonds is 8. The van der Waals surface area contributed by atoms with Crippen LogP contribution in [0.1, 0.15) is 17.3 Å². The van der Waals surface area contributed by atoms with Gasteiger partial charge < -0.3 is 15.0 Å². The van der Waals surface area contributed by atoms with Crippen LogP contribution in [0.15, 0.2) is 47.4 Å². The molecule has 33 heavy (non-hydrogen) atoms. The number of ether oxygens (including phenoxy) is 1. The molecule has 0 saturated carbocycles. The molecule has 178 valence electrons. The van der Waals surface area contributed by atoms with Crippen LogP contribution in [0.2, 0.25) is 5.02 Å². The summed E-state index contributed by atoms with van der Waals surface area (Å²) in [4.78, 5) is 28.2. The van der Waals surface area contributed by atoms with Gasteiger partial charge >= 0.3 is 0 Å². The summed E-state index contributed by atoms with van der Waals surface area (Å²) in [6, 6.07) is 10.8. The molecule has 0 bridgehead atoms. The van der Waals surface area contributed by atoms with Crippen molar-refractivity contribution in [3.05, 3.63) is 53.1 Å². The summed E-state index contributed by atoms with van der Waals surface area (Å²) in [5.74, 6) is 0.0142. The molecule has 1 fully saturated rings. The average molecular weight is 495 g/mol. The summed E-state index contributed by atoms with van der Waals surface area (Å²) in [6.45, 7) is 4.69. The summed E-state index contributed by atoms with van der Waals surface area (Å²) in [7, 11) is -2.64. The zero-order valence-corrected chi connectivity index (χ0v) is 20.1. The zero-order valence-electron chi connectivity index (χ0n) is 18.5. The Balaban J connectivity index is 1.73. The molecule has 0 aliphatic carbocycles. The maximum Gasteiger partial charge on any atom is 0.263 e. The van der Waals surface area contributed by atoms with Crippen molar-refractivity contribution in [1.82, 2.24) is 15.1 Å². The van der Waals surface area contributed by atoms with Crippen LogP contribution >= 0.6 is 11.6 Å². The smallest absolute Gasteiger partial charge is 0.263 e. The van der Waals surface area contributed by atoms with Crippen molar-refractivity contribution in [1.29, 1.82) is 0 Å². The van der Waals surface area contributed by atoms with Crippen molar-refractivity contribution >= 4 is 39.1 Å². The molecule has 1 aliphatic heterocycles. The van der Waals surface area contributed by atoms with Gasteiger partial charge in [-0.05, 0) is 37.3 Å². The number of likely N-dealkylation sites (N-methyl/N-ethyl adjacent to an activating group) is 1. The van der Waals surface area contributed by atoms with Gasteiger partial charge in [0.05, 0.1) is 24.4 Å². The van der Waals surface area contributed by atoms with Gasteiger partial charge in [0, 0.05) is 38.3 Å². The number of nitrogens with one attached hydrogen (secondary N) is 2. The number of carbonyl (C=O) groups excluding carboxylic acids is 2. The van der Waals surface area contributed by atoms with Gasteiger partial charge in [0.15, 0.2) is 0 Å². The van der Waals surface area contributed by atoms with Crippen LogP contribution in [0, 0.1) is 0 Å². The van der Waals surface area contributed by atoms with Crippen molar-refractivity contribution in [2.45, 2.75) is 11.8 Å². The predicted octanol–water partition coefficient (Wildman–Crippen LogP) is 2.04. The number of sulfonamides is 1. The Kier molecular flexibility index (Phi) is 8.17. The minimum absolute atomic E-state index is 0.000652. The number of anilines is 1. The van der Waals surface area contributed by atoms with E-state index in [0.29, 0.717) is 38.5 Å². The standard InChI is InChI=1S/C22H27ClN4O5S/c1-3-24-21(28)15-26-10-12-27(13-11-26)22(29)16-8-9-17(23)20(14-16)33(30,31)25-18-6-4-5-7-19(18)32-2/h4-9,14,25H,3,10-13,15H2,1-2H3,(H,24,28). The maximum absolute atomic E-state index is 13.0. The Morgan fingerprint density at radius 1 is 1.09 bits per heavy atom. The third kappa shape index (κ3) is 6.16. The lowest BCUT2D eigenvalue weighted by Crippen LogP contribution is -2.51. The van der Waals surface area contributed by atoms with Crippen molar-refractivity contribution in [2.75, 3.05) is 51.1 Å². The van der Waals surface area contributed by atoms with E-state index in [0.717, 1.165) is 0 Å². The number of para-hydroxylation sites is 2. The van der Waals surface area contributed by atoms with Crippen LogP contribution in [-0.4, -0.2) is 76.4 Å². The van der Waals surface area contributed by atoms with Crippen LogP contribution in [0.4, 0.5) is 5.69 Å². The summed E-state index contributed by atoms with van der Waals surface area (Å²) in [5, 5.41) is 2.76. The largest absolute Gasteiger partial charge is 0.495 e. The van der Waals surface area contributed by atoms with E-state index in [2.05, 4.69) is 10.0 Å². The summed E-state index contributed by atoms with van der Waals surface area (Å²) < 4.78 is 33.7. The van der Waals surface area contributed by atoms with Gasteiger partial charge in [0.25, 0.3) is 15.9 Å². The van der Waals surface area contributed by atoms with Crippen LogP contribution in [0.25, 0.3) is 0 Å². The third-order valence-corrected chi connectivity index (χ3v) is 7.07. The molecule has 9 nitrogen and oxygen atoms in total. The van der Waals surface area contributed by atoms with Gasteiger partial charge in [-0.1, -0.05) is 23.7 Å². The number of carbonyl (C=O) groups is 2. The number of methoxy groups -OCH3 is 1. The molecule has 0 aromatic heterocycles. The number of hydrogen-bond donors (Lipinski definition) is 2. The molecular weight excluding hydrogens is 468 g/mol. The summed E-state index contributed by atoms with van der Waals surface area (Å²) in [6.07, 6.45) is 0. The molecule has 0 spiro atoms. The fourth-order valence-corrected chi connectivity index (χ4v) is 5.12. The second-order valence-electron chi connectivity index (χ2n) is 7.47. The SMILES string of the molecule is CCNC(=O)CN1CCN(C(=O)c2ccc(Cl)c(S(=O)(=O)Nc3ccccc3OC)c2)CC1. The molecule has 2 N–H and O–H groups in total. The molecule has 3 rings (SSSR count). The second kappa shape index (κ2) is 10.9. The van der Waals surface area contributed by atoms with Gasteiger partial charge in [-0.25, -0.2) is 8.42 Å². The first-order valence-corrected chi connectivity index (χ1v) is 12.3. The highest BCUT2D eigenvalue weighted by Crippen LogP contribution is 2.29. The predicted molar refractivity (Wildman–Crippen MR) is 126 cm³/mol. The van der Waals surface area contributed by atoms with Gasteiger partial charge in [0.1, 0.15) is 10.6 Å². The molecule has 2 aromatic rings. The minimum Gasteiger partial charge on any atom is -0.495 e. The normalized spacial score (nSPS) is 14.6. The first kappa shape index (κ1) is 24.8. The molecule has 2 aromatic carbocycles. The number of hydrogen-bond acceptors (Lipinski definition) is 6. The van der Waals surface area contributed by atoms with Crippen molar-refractivity contribution in [3.63, 3.8) is 0 Å².